The Hall–Kier alpha value is -1.07. The Morgan fingerprint density at radius 1 is 0.815 bits per heavy atom. The first kappa shape index (κ1) is 22.2. The van der Waals surface area contributed by atoms with Gasteiger partial charge in [-0.25, -0.2) is 0 Å². The first-order valence-electron chi connectivity index (χ1n) is 9.57. The van der Waals surface area contributed by atoms with Gasteiger partial charge in [-0.15, -0.1) is 0 Å². The van der Waals surface area contributed by atoms with Crippen LogP contribution in [0.2, 0.25) is 26.2 Å². The maximum Gasteiger partial charge on any atom is 0.392 e. The fourth-order valence-electron chi connectivity index (χ4n) is 2.93. The van der Waals surface area contributed by atoms with E-state index in [4.69, 9.17) is 12.8 Å². The molecule has 27 heavy (non-hydrogen) atoms. The van der Waals surface area contributed by atoms with Crippen molar-refractivity contribution in [2.45, 2.75) is 40.0 Å². The summed E-state index contributed by atoms with van der Waals surface area (Å²) in [6.07, 6.45) is 0. The highest BCUT2D eigenvalue weighted by atomic mass is 28.5. The lowest BCUT2D eigenvalue weighted by Gasteiger charge is -2.39. The molecular formula is C20H32NO3Si3. The Bertz CT molecular complexity index is 636. The molecule has 0 fully saturated rings. The summed E-state index contributed by atoms with van der Waals surface area (Å²) >= 11 is 0. The van der Waals surface area contributed by atoms with Crippen molar-refractivity contribution in [3.8, 4) is 0 Å². The Kier molecular flexibility index (Phi) is 8.17. The van der Waals surface area contributed by atoms with Crippen LogP contribution in [-0.2, 0) is 12.8 Å². The van der Waals surface area contributed by atoms with Crippen LogP contribution in [0.25, 0.3) is 0 Å². The summed E-state index contributed by atoms with van der Waals surface area (Å²) in [6.45, 7) is 14.6. The standard InChI is InChI=1S/C20H32NO3Si3/c1-7-21(8-2)22-25(3)23-27(24-26(4,5)6,19-15-11-9-12-16-19)20-17-13-10-14-18-20/h9-18H,7-8H2,1-6H3. The monoisotopic (exact) mass is 418 g/mol. The van der Waals surface area contributed by atoms with Crippen LogP contribution in [0.3, 0.4) is 0 Å². The molecule has 7 heteroatoms. The molecule has 4 nitrogen and oxygen atoms in total. The molecule has 0 spiro atoms. The van der Waals surface area contributed by atoms with Gasteiger partial charge in [0.15, 0.2) is 8.32 Å². The quantitative estimate of drug-likeness (QED) is 0.436. The fourth-order valence-corrected chi connectivity index (χ4v) is 12.8. The van der Waals surface area contributed by atoms with E-state index in [-0.39, 0.29) is 0 Å². The molecule has 0 aliphatic carbocycles. The van der Waals surface area contributed by atoms with E-state index in [0.717, 1.165) is 23.5 Å². The molecule has 1 radical (unpaired) electrons. The van der Waals surface area contributed by atoms with Crippen molar-refractivity contribution in [1.29, 1.82) is 0 Å². The van der Waals surface area contributed by atoms with Crippen LogP contribution < -0.4 is 10.4 Å². The predicted octanol–water partition coefficient (Wildman–Crippen LogP) is 3.50. The topological polar surface area (TPSA) is 30.9 Å². The maximum atomic E-state index is 6.90. The second-order valence-corrected chi connectivity index (χ2v) is 16.8. The first-order chi connectivity index (χ1) is 12.8. The van der Waals surface area contributed by atoms with Crippen molar-refractivity contribution in [2.24, 2.45) is 0 Å². The summed E-state index contributed by atoms with van der Waals surface area (Å²) in [7, 11) is -6.33. The molecule has 0 saturated carbocycles. The molecule has 0 aromatic heterocycles. The van der Waals surface area contributed by atoms with Crippen molar-refractivity contribution in [3.63, 3.8) is 0 Å². The van der Waals surface area contributed by atoms with Crippen molar-refractivity contribution in [3.05, 3.63) is 60.7 Å². The summed E-state index contributed by atoms with van der Waals surface area (Å²) in [5.74, 6) is 0. The minimum absolute atomic E-state index is 0.835. The van der Waals surface area contributed by atoms with E-state index < -0.39 is 26.2 Å². The third-order valence-corrected chi connectivity index (χ3v) is 12.6. The van der Waals surface area contributed by atoms with E-state index in [2.05, 4.69) is 88.6 Å². The second-order valence-electron chi connectivity index (χ2n) is 7.36. The Balaban J connectivity index is 2.51. The molecule has 0 atom stereocenters. The van der Waals surface area contributed by atoms with Crippen molar-refractivity contribution >= 4 is 36.5 Å². The van der Waals surface area contributed by atoms with Crippen LogP contribution in [0.1, 0.15) is 13.8 Å². The van der Waals surface area contributed by atoms with Crippen molar-refractivity contribution in [1.82, 2.24) is 5.06 Å². The van der Waals surface area contributed by atoms with Gasteiger partial charge in [-0.2, -0.15) is 5.06 Å². The van der Waals surface area contributed by atoms with Gasteiger partial charge in [0.05, 0.1) is 0 Å². The lowest BCUT2D eigenvalue weighted by atomic mass is 10.4. The van der Waals surface area contributed by atoms with Crippen LogP contribution in [0.5, 0.6) is 0 Å². The molecule has 147 valence electrons. The molecule has 0 N–H and O–H groups in total. The van der Waals surface area contributed by atoms with E-state index in [1.807, 2.05) is 17.2 Å². The molecule has 0 amide bonds. The lowest BCUT2D eigenvalue weighted by Crippen LogP contribution is -2.68. The van der Waals surface area contributed by atoms with E-state index in [1.165, 1.54) is 0 Å². The minimum atomic E-state index is -2.88. The molecule has 0 saturated heterocycles. The molecule has 2 aromatic rings. The third kappa shape index (κ3) is 6.21. The second kappa shape index (κ2) is 9.92. The van der Waals surface area contributed by atoms with Gasteiger partial charge in [0.2, 0.25) is 0 Å². The van der Waals surface area contributed by atoms with Gasteiger partial charge in [0, 0.05) is 13.1 Å². The normalized spacial score (nSPS) is 12.7. The smallest absolute Gasteiger partial charge is 0.392 e. The Morgan fingerprint density at radius 2 is 1.26 bits per heavy atom. The van der Waals surface area contributed by atoms with E-state index in [1.54, 1.807) is 0 Å². The van der Waals surface area contributed by atoms with E-state index in [9.17, 15) is 0 Å². The first-order valence-corrected chi connectivity index (χ1v) is 16.6. The van der Waals surface area contributed by atoms with Gasteiger partial charge in [0.25, 0.3) is 0 Å². The molecular weight excluding hydrogens is 386 g/mol. The summed E-state index contributed by atoms with van der Waals surface area (Å²) < 4.78 is 19.9. The molecule has 0 heterocycles. The highest BCUT2D eigenvalue weighted by Gasteiger charge is 2.47. The number of rotatable bonds is 10. The molecule has 2 aromatic carbocycles. The van der Waals surface area contributed by atoms with Gasteiger partial charge in [-0.1, -0.05) is 74.5 Å². The molecule has 0 aliphatic rings. The average molecular weight is 419 g/mol. The van der Waals surface area contributed by atoms with Crippen LogP contribution in [0, 0.1) is 0 Å². The largest absolute Gasteiger partial charge is 0.430 e. The van der Waals surface area contributed by atoms with Crippen LogP contribution in [0.4, 0.5) is 0 Å². The Morgan fingerprint density at radius 3 is 1.63 bits per heavy atom. The number of hydrogen-bond acceptors (Lipinski definition) is 4. The molecule has 0 bridgehead atoms. The SMILES string of the molecule is CCN(CC)O[Si](C)O[Si](O[Si](C)(C)C)(c1ccccc1)c1ccccc1. The summed E-state index contributed by atoms with van der Waals surface area (Å²) in [5.41, 5.74) is 0. The van der Waals surface area contributed by atoms with Gasteiger partial charge in [0.1, 0.15) is 0 Å². The summed E-state index contributed by atoms with van der Waals surface area (Å²) in [4.78, 5) is 0. The number of hydroxylamine groups is 2. The predicted molar refractivity (Wildman–Crippen MR) is 119 cm³/mol. The van der Waals surface area contributed by atoms with E-state index >= 15 is 0 Å². The minimum Gasteiger partial charge on any atom is -0.430 e. The number of hydrogen-bond donors (Lipinski definition) is 0. The highest BCUT2D eigenvalue weighted by Crippen LogP contribution is 2.18. The van der Waals surface area contributed by atoms with Gasteiger partial charge in [-0.3, -0.25) is 0 Å². The van der Waals surface area contributed by atoms with Crippen molar-refractivity contribution in [2.75, 3.05) is 13.1 Å². The lowest BCUT2D eigenvalue weighted by molar-refractivity contribution is -0.0661. The van der Waals surface area contributed by atoms with Crippen LogP contribution in [-0.4, -0.2) is 44.3 Å². The molecule has 0 unspecified atom stereocenters. The van der Waals surface area contributed by atoms with Gasteiger partial charge in [-0.05, 0) is 36.6 Å². The molecule has 2 rings (SSSR count). The zero-order valence-corrected chi connectivity index (χ0v) is 20.4. The highest BCUT2D eigenvalue weighted by molar-refractivity contribution is 7.00. The number of benzene rings is 2. The van der Waals surface area contributed by atoms with E-state index in [0.29, 0.717) is 0 Å². The average Bonchev–Trinajstić information content (AvgIpc) is 2.66. The fraction of sp³-hybridized carbons (Fsp3) is 0.400. The maximum absolute atomic E-state index is 6.90. The van der Waals surface area contributed by atoms with Gasteiger partial charge < -0.3 is 12.8 Å². The third-order valence-electron chi connectivity index (χ3n) is 4.01. The molecule has 0 aliphatic heterocycles. The summed E-state index contributed by atoms with van der Waals surface area (Å²) in [5, 5.41) is 4.22. The van der Waals surface area contributed by atoms with Crippen LogP contribution >= 0.6 is 0 Å². The Labute approximate surface area is 168 Å². The zero-order valence-electron chi connectivity index (χ0n) is 17.4. The van der Waals surface area contributed by atoms with Crippen molar-refractivity contribution < 1.29 is 12.8 Å². The number of nitrogens with zero attached hydrogens (tertiary/aromatic N) is 1. The van der Waals surface area contributed by atoms with Gasteiger partial charge >= 0.3 is 17.8 Å². The zero-order chi connectivity index (χ0) is 19.9. The van der Waals surface area contributed by atoms with Crippen LogP contribution in [0.15, 0.2) is 60.7 Å². The summed E-state index contributed by atoms with van der Waals surface area (Å²) in [6, 6.07) is 20.8.